The molecule has 0 heterocycles. The van der Waals surface area contributed by atoms with Crippen molar-refractivity contribution in [3.8, 4) is 0 Å². The first-order valence-corrected chi connectivity index (χ1v) is 16.2. The van der Waals surface area contributed by atoms with E-state index in [-0.39, 0.29) is 0 Å². The van der Waals surface area contributed by atoms with Crippen molar-refractivity contribution in [2.75, 3.05) is 120 Å². The highest BCUT2D eigenvalue weighted by Gasteiger charge is 2.26. The van der Waals surface area contributed by atoms with Crippen LogP contribution in [0.5, 0.6) is 0 Å². The van der Waals surface area contributed by atoms with Crippen molar-refractivity contribution in [2.24, 2.45) is 11.8 Å². The summed E-state index contributed by atoms with van der Waals surface area (Å²) in [6, 6.07) is 1.32. The predicted molar refractivity (Wildman–Crippen MR) is 161 cm³/mol. The van der Waals surface area contributed by atoms with Crippen LogP contribution < -0.4 is 10.6 Å². The van der Waals surface area contributed by atoms with Gasteiger partial charge in [0.2, 0.25) is 0 Å². The molecular formula is C31H62N2O8. The van der Waals surface area contributed by atoms with Crippen molar-refractivity contribution in [2.45, 2.75) is 69.9 Å². The van der Waals surface area contributed by atoms with Crippen molar-refractivity contribution in [1.82, 2.24) is 10.6 Å². The van der Waals surface area contributed by atoms with Crippen LogP contribution in [0.1, 0.15) is 57.8 Å². The molecule has 0 unspecified atom stereocenters. The van der Waals surface area contributed by atoms with Crippen LogP contribution in [0.15, 0.2) is 0 Å². The van der Waals surface area contributed by atoms with Crippen molar-refractivity contribution in [3.63, 3.8) is 0 Å². The van der Waals surface area contributed by atoms with Crippen molar-refractivity contribution >= 4 is 0 Å². The lowest BCUT2D eigenvalue weighted by Crippen LogP contribution is -2.37. The molecule has 0 radical (unpaired) electrons. The summed E-state index contributed by atoms with van der Waals surface area (Å²) in [5, 5.41) is 7.40. The predicted octanol–water partition coefficient (Wildman–Crippen LogP) is 3.07. The Morgan fingerprint density at radius 1 is 0.390 bits per heavy atom. The first-order chi connectivity index (χ1) is 20.3. The Bertz CT molecular complexity index is 546. The highest BCUT2D eigenvalue weighted by atomic mass is 16.6. The zero-order valence-electron chi connectivity index (χ0n) is 26.3. The maximum absolute atomic E-state index is 5.71. The van der Waals surface area contributed by atoms with Gasteiger partial charge in [-0.25, -0.2) is 0 Å². The molecule has 0 saturated heterocycles. The summed E-state index contributed by atoms with van der Waals surface area (Å²) in [6.07, 6.45) is 12.2. The maximum atomic E-state index is 5.71. The van der Waals surface area contributed by atoms with E-state index < -0.39 is 0 Å². The van der Waals surface area contributed by atoms with Crippen LogP contribution >= 0.6 is 0 Å². The van der Waals surface area contributed by atoms with Crippen LogP contribution in [0.2, 0.25) is 0 Å². The van der Waals surface area contributed by atoms with E-state index in [1.807, 2.05) is 0 Å². The topological polar surface area (TPSA) is 97.9 Å². The van der Waals surface area contributed by atoms with Gasteiger partial charge in [0.15, 0.2) is 0 Å². The molecule has 0 aromatic carbocycles. The van der Waals surface area contributed by atoms with Gasteiger partial charge in [0.25, 0.3) is 0 Å². The van der Waals surface area contributed by atoms with Crippen LogP contribution in [-0.2, 0) is 37.9 Å². The Kier molecular flexibility index (Phi) is 24.4. The Labute approximate surface area is 250 Å². The van der Waals surface area contributed by atoms with E-state index in [4.69, 9.17) is 37.9 Å². The zero-order valence-corrected chi connectivity index (χ0v) is 26.3. The molecule has 0 spiro atoms. The van der Waals surface area contributed by atoms with E-state index in [0.717, 1.165) is 38.1 Å². The van der Waals surface area contributed by atoms with Crippen molar-refractivity contribution in [3.05, 3.63) is 0 Å². The lowest BCUT2D eigenvalue weighted by molar-refractivity contribution is -0.00765. The zero-order chi connectivity index (χ0) is 29.1. The van der Waals surface area contributed by atoms with E-state index in [1.54, 1.807) is 14.2 Å². The summed E-state index contributed by atoms with van der Waals surface area (Å²) in [5.41, 5.74) is 0. The SMILES string of the molecule is COCCOCCOCCNC1CCC(CC2CCC(NCCOCCOCCOCCOCCOC)CC2)CC1. The second-order valence-electron chi connectivity index (χ2n) is 11.2. The molecule has 2 aliphatic carbocycles. The molecule has 0 atom stereocenters. The Hall–Kier alpha value is -0.400. The number of hydrogen-bond acceptors (Lipinski definition) is 10. The Balaban J connectivity index is 1.31. The molecule has 0 bridgehead atoms. The van der Waals surface area contributed by atoms with Crippen LogP contribution in [-0.4, -0.2) is 132 Å². The number of hydrogen-bond donors (Lipinski definition) is 2. The third kappa shape index (κ3) is 21.0. The molecule has 244 valence electrons. The van der Waals surface area contributed by atoms with Crippen LogP contribution in [0.4, 0.5) is 0 Å². The number of nitrogens with one attached hydrogen (secondary N) is 2. The van der Waals surface area contributed by atoms with Gasteiger partial charge in [-0.05, 0) is 69.6 Å². The first kappa shape index (κ1) is 36.8. The summed E-state index contributed by atoms with van der Waals surface area (Å²) in [5.74, 6) is 1.84. The van der Waals surface area contributed by atoms with E-state index in [2.05, 4.69) is 10.6 Å². The second-order valence-corrected chi connectivity index (χ2v) is 11.2. The second kappa shape index (κ2) is 27.2. The minimum absolute atomic E-state index is 0.583. The molecule has 10 nitrogen and oxygen atoms in total. The summed E-state index contributed by atoms with van der Waals surface area (Å²) < 4.78 is 43.0. The quantitative estimate of drug-likeness (QED) is 0.132. The van der Waals surface area contributed by atoms with E-state index in [0.29, 0.717) is 91.4 Å². The fourth-order valence-electron chi connectivity index (χ4n) is 5.71. The van der Waals surface area contributed by atoms with Crippen LogP contribution in [0.3, 0.4) is 0 Å². The average Bonchev–Trinajstić information content (AvgIpc) is 3.00. The van der Waals surface area contributed by atoms with Gasteiger partial charge in [-0.3, -0.25) is 0 Å². The fraction of sp³-hybridized carbons (Fsp3) is 1.00. The number of rotatable bonds is 28. The molecule has 2 N–H and O–H groups in total. The van der Waals surface area contributed by atoms with Crippen molar-refractivity contribution < 1.29 is 37.9 Å². The molecule has 41 heavy (non-hydrogen) atoms. The molecule has 0 aromatic heterocycles. The minimum atomic E-state index is 0.583. The van der Waals surface area contributed by atoms with Gasteiger partial charge in [0.05, 0.1) is 92.5 Å². The highest BCUT2D eigenvalue weighted by Crippen LogP contribution is 2.35. The smallest absolute Gasteiger partial charge is 0.0701 e. The third-order valence-corrected chi connectivity index (χ3v) is 8.07. The largest absolute Gasteiger partial charge is 0.382 e. The van der Waals surface area contributed by atoms with Gasteiger partial charge in [0, 0.05) is 39.4 Å². The maximum Gasteiger partial charge on any atom is 0.0701 e. The molecule has 0 aliphatic heterocycles. The monoisotopic (exact) mass is 590 g/mol. The summed E-state index contributed by atoms with van der Waals surface area (Å²) in [4.78, 5) is 0. The standard InChI is InChI=1S/C31H62N2O8/c1-34-15-17-38-21-19-36-13-11-32-30-7-3-28(4-8-30)27-29-5-9-31(10-6-29)33-12-14-37-20-22-40-25-26-41-24-23-39-18-16-35-2/h28-33H,3-27H2,1-2H3. The van der Waals surface area contributed by atoms with Gasteiger partial charge < -0.3 is 48.5 Å². The van der Waals surface area contributed by atoms with Gasteiger partial charge in [-0.15, -0.1) is 0 Å². The highest BCUT2D eigenvalue weighted by molar-refractivity contribution is 4.82. The summed E-state index contributed by atoms with van der Waals surface area (Å²) in [6.45, 7) is 10.7. The molecular weight excluding hydrogens is 528 g/mol. The molecule has 2 rings (SSSR count). The summed E-state index contributed by atoms with van der Waals surface area (Å²) >= 11 is 0. The first-order valence-electron chi connectivity index (χ1n) is 16.2. The Morgan fingerprint density at radius 3 is 1.00 bits per heavy atom. The molecule has 2 aliphatic rings. The van der Waals surface area contributed by atoms with Gasteiger partial charge in [-0.1, -0.05) is 0 Å². The van der Waals surface area contributed by atoms with Gasteiger partial charge in [-0.2, -0.15) is 0 Å². The van der Waals surface area contributed by atoms with Gasteiger partial charge >= 0.3 is 0 Å². The van der Waals surface area contributed by atoms with Crippen LogP contribution in [0.25, 0.3) is 0 Å². The molecule has 0 aromatic rings. The molecule has 2 saturated carbocycles. The van der Waals surface area contributed by atoms with E-state index in [9.17, 15) is 0 Å². The normalized spacial score (nSPS) is 23.3. The number of ether oxygens (including phenoxy) is 8. The Morgan fingerprint density at radius 2 is 0.683 bits per heavy atom. The molecule has 10 heteroatoms. The van der Waals surface area contributed by atoms with E-state index in [1.165, 1.54) is 57.8 Å². The fourth-order valence-corrected chi connectivity index (χ4v) is 5.71. The lowest BCUT2D eigenvalue weighted by atomic mass is 9.75. The minimum Gasteiger partial charge on any atom is -0.382 e. The average molecular weight is 591 g/mol. The number of methoxy groups -OCH3 is 2. The van der Waals surface area contributed by atoms with Crippen LogP contribution in [0, 0.1) is 11.8 Å². The summed E-state index contributed by atoms with van der Waals surface area (Å²) in [7, 11) is 3.35. The lowest BCUT2D eigenvalue weighted by Gasteiger charge is -2.34. The third-order valence-electron chi connectivity index (χ3n) is 8.07. The molecule has 2 fully saturated rings. The van der Waals surface area contributed by atoms with Crippen molar-refractivity contribution in [1.29, 1.82) is 0 Å². The molecule has 0 amide bonds. The van der Waals surface area contributed by atoms with E-state index >= 15 is 0 Å². The van der Waals surface area contributed by atoms with Gasteiger partial charge in [0.1, 0.15) is 0 Å².